The highest BCUT2D eigenvalue weighted by atomic mass is 35.5. The zero-order valence-corrected chi connectivity index (χ0v) is 17.3. The fourth-order valence-corrected chi connectivity index (χ4v) is 3.63. The summed E-state index contributed by atoms with van der Waals surface area (Å²) in [6.45, 7) is 2.00. The molecule has 0 spiro atoms. The summed E-state index contributed by atoms with van der Waals surface area (Å²) >= 11 is 5.95. The molecule has 0 saturated heterocycles. The molecule has 2 aromatic rings. The molecule has 28 heavy (non-hydrogen) atoms. The second-order valence-corrected chi connectivity index (χ2v) is 7.83. The first kappa shape index (κ1) is 20.2. The minimum atomic E-state index is -0.198. The van der Waals surface area contributed by atoms with E-state index in [1.54, 1.807) is 12.1 Å². The van der Waals surface area contributed by atoms with Gasteiger partial charge in [-0.05, 0) is 50.8 Å². The molecule has 1 heterocycles. The summed E-state index contributed by atoms with van der Waals surface area (Å²) in [7, 11) is 3.95. The maximum atomic E-state index is 12.2. The van der Waals surface area contributed by atoms with E-state index in [1.807, 2.05) is 44.2 Å². The quantitative estimate of drug-likeness (QED) is 0.702. The summed E-state index contributed by atoms with van der Waals surface area (Å²) in [6.07, 6.45) is 5.57. The second kappa shape index (κ2) is 9.10. The van der Waals surface area contributed by atoms with E-state index in [2.05, 4.69) is 25.9 Å². The number of urea groups is 1. The van der Waals surface area contributed by atoms with E-state index in [1.165, 1.54) is 0 Å². The van der Waals surface area contributed by atoms with Crippen molar-refractivity contribution in [2.45, 2.75) is 44.7 Å². The fourth-order valence-electron chi connectivity index (χ4n) is 3.44. The van der Waals surface area contributed by atoms with Gasteiger partial charge in [0.25, 0.3) is 0 Å². The van der Waals surface area contributed by atoms with Crippen LogP contribution in [0.25, 0.3) is 0 Å². The molecule has 7 nitrogen and oxygen atoms in total. The van der Waals surface area contributed by atoms with Crippen LogP contribution >= 0.6 is 11.6 Å². The molecule has 3 rings (SSSR count). The van der Waals surface area contributed by atoms with Gasteiger partial charge >= 0.3 is 6.03 Å². The smallest absolute Gasteiger partial charge is 0.319 e. The zero-order valence-electron chi connectivity index (χ0n) is 16.5. The molecule has 150 valence electrons. The molecular weight excluding hydrogens is 376 g/mol. The number of nitrogens with zero attached hydrogens (tertiary/aromatic N) is 3. The number of nitrogens with one attached hydrogen (secondary N) is 3. The minimum Gasteiger partial charge on any atom is -0.362 e. The lowest BCUT2D eigenvalue weighted by atomic mass is 9.91. The lowest BCUT2D eigenvalue weighted by Gasteiger charge is -2.30. The lowest BCUT2D eigenvalue weighted by Crippen LogP contribution is -2.42. The SMILES string of the molecule is Cc1cnc(N[C@H]2CC[C@@H](NC(=O)Nc3cccc(Cl)c3)CC2)nc1N(C)C. The first-order valence-electron chi connectivity index (χ1n) is 9.51. The summed E-state index contributed by atoms with van der Waals surface area (Å²) in [5.74, 6) is 1.58. The second-order valence-electron chi connectivity index (χ2n) is 7.40. The van der Waals surface area contributed by atoms with Crippen LogP contribution in [0.1, 0.15) is 31.2 Å². The highest BCUT2D eigenvalue weighted by Crippen LogP contribution is 2.23. The maximum absolute atomic E-state index is 12.2. The number of anilines is 3. The number of halogens is 1. The Bertz CT molecular complexity index is 820. The van der Waals surface area contributed by atoms with Crippen LogP contribution in [-0.4, -0.2) is 42.2 Å². The summed E-state index contributed by atoms with van der Waals surface area (Å²) in [5, 5.41) is 9.90. The van der Waals surface area contributed by atoms with E-state index >= 15 is 0 Å². The molecule has 8 heteroatoms. The Kier molecular flexibility index (Phi) is 6.57. The topological polar surface area (TPSA) is 82.2 Å². The first-order valence-corrected chi connectivity index (χ1v) is 9.89. The number of amides is 2. The van der Waals surface area contributed by atoms with Gasteiger partial charge in [-0.3, -0.25) is 0 Å². The molecule has 0 bridgehead atoms. The molecule has 0 aliphatic heterocycles. The van der Waals surface area contributed by atoms with E-state index < -0.39 is 0 Å². The van der Waals surface area contributed by atoms with Gasteiger partial charge in [0.2, 0.25) is 5.95 Å². The Labute approximate surface area is 170 Å². The molecular formula is C20H27ClN6O. The van der Waals surface area contributed by atoms with Gasteiger partial charge in [-0.2, -0.15) is 4.98 Å². The van der Waals surface area contributed by atoms with Gasteiger partial charge < -0.3 is 20.9 Å². The molecule has 0 atom stereocenters. The Hall–Kier alpha value is -2.54. The molecule has 1 aliphatic carbocycles. The molecule has 1 aliphatic rings. The molecule has 0 radical (unpaired) electrons. The van der Waals surface area contributed by atoms with Gasteiger partial charge in [-0.25, -0.2) is 9.78 Å². The average molecular weight is 403 g/mol. The highest BCUT2D eigenvalue weighted by molar-refractivity contribution is 6.30. The van der Waals surface area contributed by atoms with Crippen molar-refractivity contribution >= 4 is 35.1 Å². The summed E-state index contributed by atoms with van der Waals surface area (Å²) < 4.78 is 0. The molecule has 1 saturated carbocycles. The molecule has 1 aromatic heterocycles. The van der Waals surface area contributed by atoms with Gasteiger partial charge in [0, 0.05) is 48.6 Å². The van der Waals surface area contributed by atoms with E-state index in [4.69, 9.17) is 11.6 Å². The third kappa shape index (κ3) is 5.48. The number of aromatic nitrogens is 2. The van der Waals surface area contributed by atoms with Crippen LogP contribution in [0.4, 0.5) is 22.2 Å². The molecule has 1 aromatic carbocycles. The van der Waals surface area contributed by atoms with Crippen molar-refractivity contribution < 1.29 is 4.79 Å². The van der Waals surface area contributed by atoms with E-state index in [9.17, 15) is 4.79 Å². The number of carbonyl (C=O) groups is 1. The lowest BCUT2D eigenvalue weighted by molar-refractivity contribution is 0.243. The van der Waals surface area contributed by atoms with Gasteiger partial charge in [0.05, 0.1) is 0 Å². The van der Waals surface area contributed by atoms with Crippen LogP contribution < -0.4 is 20.9 Å². The molecule has 2 amide bonds. The monoisotopic (exact) mass is 402 g/mol. The van der Waals surface area contributed by atoms with E-state index in [-0.39, 0.29) is 12.1 Å². The van der Waals surface area contributed by atoms with Crippen LogP contribution in [0.15, 0.2) is 30.5 Å². The van der Waals surface area contributed by atoms with Crippen molar-refractivity contribution in [1.82, 2.24) is 15.3 Å². The number of hydrogen-bond donors (Lipinski definition) is 3. The predicted molar refractivity (Wildman–Crippen MR) is 114 cm³/mol. The third-order valence-electron chi connectivity index (χ3n) is 4.85. The first-order chi connectivity index (χ1) is 13.4. The van der Waals surface area contributed by atoms with Crippen LogP contribution in [0, 0.1) is 6.92 Å². The average Bonchev–Trinajstić information content (AvgIpc) is 2.64. The Balaban J connectivity index is 1.47. The minimum absolute atomic E-state index is 0.161. The highest BCUT2D eigenvalue weighted by Gasteiger charge is 2.23. The number of hydrogen-bond acceptors (Lipinski definition) is 5. The third-order valence-corrected chi connectivity index (χ3v) is 5.08. The van der Waals surface area contributed by atoms with Crippen molar-refractivity contribution in [1.29, 1.82) is 0 Å². The maximum Gasteiger partial charge on any atom is 0.319 e. The van der Waals surface area contributed by atoms with Gasteiger partial charge in [-0.15, -0.1) is 0 Å². The van der Waals surface area contributed by atoms with Crippen molar-refractivity contribution in [2.75, 3.05) is 29.6 Å². The van der Waals surface area contributed by atoms with Gasteiger partial charge in [0.1, 0.15) is 5.82 Å². The standard InChI is InChI=1S/C20H27ClN6O/c1-13-12-22-19(26-18(13)27(2)3)23-15-7-9-16(10-8-15)24-20(28)25-17-6-4-5-14(21)11-17/h4-6,11-12,15-16H,7-10H2,1-3H3,(H,22,23,26)(H2,24,25,28)/t15-,16+. The van der Waals surface area contributed by atoms with Crippen LogP contribution in [-0.2, 0) is 0 Å². The summed E-state index contributed by atoms with van der Waals surface area (Å²) in [5.41, 5.74) is 1.74. The molecule has 1 fully saturated rings. The van der Waals surface area contributed by atoms with Gasteiger partial charge in [0.15, 0.2) is 0 Å². The van der Waals surface area contributed by atoms with Crippen LogP contribution in [0.3, 0.4) is 0 Å². The number of aryl methyl sites for hydroxylation is 1. The predicted octanol–water partition coefficient (Wildman–Crippen LogP) is 4.05. The Morgan fingerprint density at radius 1 is 1.18 bits per heavy atom. The Morgan fingerprint density at radius 2 is 1.89 bits per heavy atom. The van der Waals surface area contributed by atoms with E-state index in [0.29, 0.717) is 22.7 Å². The zero-order chi connectivity index (χ0) is 20.1. The molecule has 0 unspecified atom stereocenters. The van der Waals surface area contributed by atoms with E-state index in [0.717, 1.165) is 37.1 Å². The van der Waals surface area contributed by atoms with Crippen molar-refractivity contribution in [3.63, 3.8) is 0 Å². The van der Waals surface area contributed by atoms with Crippen LogP contribution in [0.2, 0.25) is 5.02 Å². The van der Waals surface area contributed by atoms with Gasteiger partial charge in [-0.1, -0.05) is 17.7 Å². The van der Waals surface area contributed by atoms with Crippen LogP contribution in [0.5, 0.6) is 0 Å². The number of carbonyl (C=O) groups excluding carboxylic acids is 1. The van der Waals surface area contributed by atoms with Crippen molar-refractivity contribution in [3.8, 4) is 0 Å². The summed E-state index contributed by atoms with van der Waals surface area (Å²) in [4.78, 5) is 23.2. The largest absolute Gasteiger partial charge is 0.362 e. The summed E-state index contributed by atoms with van der Waals surface area (Å²) in [6, 6.07) is 7.40. The molecule has 3 N–H and O–H groups in total. The van der Waals surface area contributed by atoms with Crippen molar-refractivity contribution in [3.05, 3.63) is 41.0 Å². The number of rotatable bonds is 5. The van der Waals surface area contributed by atoms with Crippen molar-refractivity contribution in [2.24, 2.45) is 0 Å². The Morgan fingerprint density at radius 3 is 2.57 bits per heavy atom. The fraction of sp³-hybridized carbons (Fsp3) is 0.450. The normalized spacial score (nSPS) is 19.0. The number of benzene rings is 1.